The Morgan fingerprint density at radius 1 is 1.15 bits per heavy atom. The molecule has 3 rings (SSSR count). The lowest BCUT2D eigenvalue weighted by atomic mass is 9.86. The number of morpholine rings is 1. The van der Waals surface area contributed by atoms with E-state index in [9.17, 15) is 9.59 Å². The first-order valence-corrected chi connectivity index (χ1v) is 9.26. The van der Waals surface area contributed by atoms with Crippen molar-refractivity contribution in [3.05, 3.63) is 23.8 Å². The number of benzene rings is 1. The fraction of sp³-hybridized carbons (Fsp3) is 0.579. The molecule has 1 heterocycles. The normalized spacial score (nSPS) is 23.3. The van der Waals surface area contributed by atoms with Crippen LogP contribution in [0.5, 0.6) is 0 Å². The molecule has 0 atom stereocenters. The number of amides is 2. The van der Waals surface area contributed by atoms with Crippen molar-refractivity contribution in [2.75, 3.05) is 36.5 Å². The minimum absolute atomic E-state index is 0.0355. The fourth-order valence-electron chi connectivity index (χ4n) is 3.59. The second-order valence-electron chi connectivity index (χ2n) is 7.08. The molecule has 2 amide bonds. The van der Waals surface area contributed by atoms with Gasteiger partial charge in [-0.15, -0.1) is 0 Å². The molecule has 7 nitrogen and oxygen atoms in total. The quantitative estimate of drug-likeness (QED) is 0.767. The van der Waals surface area contributed by atoms with E-state index in [-0.39, 0.29) is 18.0 Å². The van der Waals surface area contributed by atoms with Gasteiger partial charge >= 0.3 is 12.0 Å². The van der Waals surface area contributed by atoms with Crippen molar-refractivity contribution in [2.45, 2.75) is 38.6 Å². The van der Waals surface area contributed by atoms with E-state index in [0.717, 1.165) is 43.2 Å². The lowest BCUT2D eigenvalue weighted by Crippen LogP contribution is -2.41. The average Bonchev–Trinajstić information content (AvgIpc) is 2.64. The zero-order valence-electron chi connectivity index (χ0n) is 15.2. The Balaban J connectivity index is 1.56. The maximum absolute atomic E-state index is 12.4. The van der Waals surface area contributed by atoms with Crippen LogP contribution in [0.3, 0.4) is 0 Å². The predicted octanol–water partition coefficient (Wildman–Crippen LogP) is 2.60. The van der Waals surface area contributed by atoms with E-state index in [1.165, 1.54) is 0 Å². The number of rotatable bonds is 4. The molecule has 2 fully saturated rings. The highest BCUT2D eigenvalue weighted by molar-refractivity contribution is 5.91. The Morgan fingerprint density at radius 2 is 1.85 bits per heavy atom. The summed E-state index contributed by atoms with van der Waals surface area (Å²) in [4.78, 5) is 25.6. The first-order chi connectivity index (χ1) is 12.5. The van der Waals surface area contributed by atoms with Gasteiger partial charge in [-0.05, 0) is 50.3 Å². The van der Waals surface area contributed by atoms with Gasteiger partial charge in [0.05, 0.1) is 19.1 Å². The number of aryl methyl sites for hydroxylation is 1. The Hall–Kier alpha value is -2.28. The van der Waals surface area contributed by atoms with Crippen LogP contribution in [0.2, 0.25) is 0 Å². The molecule has 0 spiro atoms. The number of hydrogen-bond acceptors (Lipinski definition) is 4. The molecule has 2 aliphatic rings. The van der Waals surface area contributed by atoms with Crippen molar-refractivity contribution in [3.63, 3.8) is 0 Å². The smallest absolute Gasteiger partial charge is 0.319 e. The van der Waals surface area contributed by atoms with Crippen LogP contribution in [-0.4, -0.2) is 49.5 Å². The molecule has 1 aromatic rings. The van der Waals surface area contributed by atoms with Crippen LogP contribution >= 0.6 is 0 Å². The highest BCUT2D eigenvalue weighted by atomic mass is 16.5. The van der Waals surface area contributed by atoms with Gasteiger partial charge in [0, 0.05) is 30.5 Å². The number of urea groups is 1. The van der Waals surface area contributed by atoms with Crippen molar-refractivity contribution in [2.24, 2.45) is 5.92 Å². The van der Waals surface area contributed by atoms with E-state index < -0.39 is 5.97 Å². The van der Waals surface area contributed by atoms with Crippen molar-refractivity contribution in [1.82, 2.24) is 5.32 Å². The van der Waals surface area contributed by atoms with Gasteiger partial charge < -0.3 is 25.4 Å². The van der Waals surface area contributed by atoms with Crippen LogP contribution in [0.4, 0.5) is 16.2 Å². The lowest BCUT2D eigenvalue weighted by molar-refractivity contribution is -0.142. The molecular weight excluding hydrogens is 334 g/mol. The Labute approximate surface area is 153 Å². The molecule has 0 radical (unpaired) electrons. The van der Waals surface area contributed by atoms with E-state index in [0.29, 0.717) is 25.7 Å². The van der Waals surface area contributed by atoms with Crippen LogP contribution in [0.1, 0.15) is 31.2 Å². The van der Waals surface area contributed by atoms with Gasteiger partial charge in [-0.2, -0.15) is 0 Å². The minimum atomic E-state index is -0.733. The van der Waals surface area contributed by atoms with Gasteiger partial charge in [0.15, 0.2) is 0 Å². The summed E-state index contributed by atoms with van der Waals surface area (Å²) in [5, 5.41) is 15.0. The third-order valence-corrected chi connectivity index (χ3v) is 5.26. The number of nitrogens with zero attached hydrogens (tertiary/aromatic N) is 1. The number of carbonyl (C=O) groups excluding carboxylic acids is 1. The van der Waals surface area contributed by atoms with Crippen LogP contribution < -0.4 is 15.5 Å². The molecule has 1 saturated carbocycles. The number of carboxylic acids is 1. The van der Waals surface area contributed by atoms with Gasteiger partial charge in [-0.25, -0.2) is 4.79 Å². The Morgan fingerprint density at radius 3 is 2.50 bits per heavy atom. The Bertz CT molecular complexity index is 650. The summed E-state index contributed by atoms with van der Waals surface area (Å²) in [7, 11) is 0. The molecule has 3 N–H and O–H groups in total. The number of nitrogens with one attached hydrogen (secondary N) is 2. The van der Waals surface area contributed by atoms with Crippen LogP contribution in [0.25, 0.3) is 0 Å². The molecule has 7 heteroatoms. The van der Waals surface area contributed by atoms with Gasteiger partial charge in [-0.1, -0.05) is 6.07 Å². The maximum Gasteiger partial charge on any atom is 0.319 e. The number of carbonyl (C=O) groups is 2. The Kier molecular flexibility index (Phi) is 5.98. The van der Waals surface area contributed by atoms with E-state index in [2.05, 4.69) is 21.6 Å². The molecule has 26 heavy (non-hydrogen) atoms. The largest absolute Gasteiger partial charge is 0.481 e. The minimum Gasteiger partial charge on any atom is -0.481 e. The van der Waals surface area contributed by atoms with Crippen LogP contribution in [0.15, 0.2) is 18.2 Å². The molecule has 142 valence electrons. The highest BCUT2D eigenvalue weighted by Gasteiger charge is 2.26. The first kappa shape index (κ1) is 18.5. The van der Waals surface area contributed by atoms with E-state index in [1.54, 1.807) is 0 Å². The summed E-state index contributed by atoms with van der Waals surface area (Å²) in [6, 6.07) is 5.89. The summed E-state index contributed by atoms with van der Waals surface area (Å²) >= 11 is 0. The number of anilines is 2. The summed E-state index contributed by atoms with van der Waals surface area (Å²) < 4.78 is 5.39. The maximum atomic E-state index is 12.4. The molecule has 1 aromatic carbocycles. The second-order valence-corrected chi connectivity index (χ2v) is 7.08. The molecular formula is C19H27N3O4. The van der Waals surface area contributed by atoms with E-state index in [4.69, 9.17) is 9.84 Å². The van der Waals surface area contributed by atoms with E-state index >= 15 is 0 Å². The van der Waals surface area contributed by atoms with Gasteiger partial charge in [0.1, 0.15) is 0 Å². The monoisotopic (exact) mass is 361 g/mol. The number of hydrogen-bond donors (Lipinski definition) is 3. The summed E-state index contributed by atoms with van der Waals surface area (Å²) in [5.41, 5.74) is 2.88. The summed E-state index contributed by atoms with van der Waals surface area (Å²) in [5.74, 6) is -1.01. The number of carboxylic acid groups (broad SMARTS) is 1. The van der Waals surface area contributed by atoms with Gasteiger partial charge in [0.2, 0.25) is 0 Å². The lowest BCUT2D eigenvalue weighted by Gasteiger charge is -2.29. The summed E-state index contributed by atoms with van der Waals surface area (Å²) in [6.07, 6.45) is 2.64. The number of ether oxygens (including phenoxy) is 1. The third-order valence-electron chi connectivity index (χ3n) is 5.26. The van der Waals surface area contributed by atoms with Crippen molar-refractivity contribution in [1.29, 1.82) is 0 Å². The van der Waals surface area contributed by atoms with Crippen molar-refractivity contribution >= 4 is 23.4 Å². The third kappa shape index (κ3) is 4.66. The standard InChI is InChI=1S/C19H27N3O4/c1-13-2-7-16(22-8-10-26-11-9-22)12-17(13)21-19(25)20-15-5-3-14(4-6-15)18(23)24/h2,7,12,14-15H,3-6,8-11H2,1H3,(H,23,24)(H2,20,21,25). The van der Waals surface area contributed by atoms with E-state index in [1.807, 2.05) is 19.1 Å². The molecule has 0 aromatic heterocycles. The molecule has 1 saturated heterocycles. The van der Waals surface area contributed by atoms with Gasteiger partial charge in [-0.3, -0.25) is 4.79 Å². The van der Waals surface area contributed by atoms with Crippen molar-refractivity contribution in [3.8, 4) is 0 Å². The molecule has 0 unspecified atom stereocenters. The SMILES string of the molecule is Cc1ccc(N2CCOCC2)cc1NC(=O)NC1CCC(C(=O)O)CC1. The van der Waals surface area contributed by atoms with Crippen LogP contribution in [0, 0.1) is 12.8 Å². The summed E-state index contributed by atoms with van der Waals surface area (Å²) in [6.45, 7) is 5.10. The molecule has 1 aliphatic carbocycles. The van der Waals surface area contributed by atoms with Gasteiger partial charge in [0.25, 0.3) is 0 Å². The zero-order valence-corrected chi connectivity index (χ0v) is 15.2. The van der Waals surface area contributed by atoms with Crippen molar-refractivity contribution < 1.29 is 19.4 Å². The first-order valence-electron chi connectivity index (χ1n) is 9.26. The zero-order chi connectivity index (χ0) is 18.5. The second kappa shape index (κ2) is 8.40. The molecule has 1 aliphatic heterocycles. The fourth-order valence-corrected chi connectivity index (χ4v) is 3.59. The topological polar surface area (TPSA) is 90.9 Å². The molecule has 0 bridgehead atoms. The number of aliphatic carboxylic acids is 1. The highest BCUT2D eigenvalue weighted by Crippen LogP contribution is 2.26. The van der Waals surface area contributed by atoms with Crippen LogP contribution in [-0.2, 0) is 9.53 Å². The predicted molar refractivity (Wildman–Crippen MR) is 99.7 cm³/mol. The average molecular weight is 361 g/mol.